The minimum Gasteiger partial charge on any atom is -0.459 e. The Kier molecular flexibility index (Phi) is 4.65. The number of anilines is 1. The van der Waals surface area contributed by atoms with Crippen LogP contribution in [-0.4, -0.2) is 34.0 Å². The van der Waals surface area contributed by atoms with Crippen molar-refractivity contribution in [3.05, 3.63) is 40.2 Å². The van der Waals surface area contributed by atoms with Crippen molar-refractivity contribution in [3.8, 4) is 0 Å². The smallest absolute Gasteiger partial charge is 0.351 e. The van der Waals surface area contributed by atoms with Gasteiger partial charge in [-0.15, -0.1) is 0 Å². The normalized spacial score (nSPS) is 20.8. The number of carbonyl (C=O) groups excluding carboxylic acids is 1. The van der Waals surface area contributed by atoms with E-state index in [9.17, 15) is 9.59 Å². The summed E-state index contributed by atoms with van der Waals surface area (Å²) in [5.74, 6) is -0.445. The summed E-state index contributed by atoms with van der Waals surface area (Å²) in [4.78, 5) is 26.4. The molecule has 2 aromatic rings. The zero-order chi connectivity index (χ0) is 17.3. The van der Waals surface area contributed by atoms with Gasteiger partial charge in [-0.05, 0) is 31.0 Å². The molecule has 1 aliphatic carbocycles. The van der Waals surface area contributed by atoms with Crippen molar-refractivity contribution < 1.29 is 13.9 Å². The number of carbonyl (C=O) groups is 1. The fraction of sp³-hybridized carbons (Fsp3) is 0.444. The highest BCUT2D eigenvalue weighted by molar-refractivity contribution is 6.11. The highest BCUT2D eigenvalue weighted by Gasteiger charge is 2.24. The summed E-state index contributed by atoms with van der Waals surface area (Å²) in [6.07, 6.45) is 2.95. The lowest BCUT2D eigenvalue weighted by Crippen LogP contribution is -2.25. The highest BCUT2D eigenvalue weighted by Crippen LogP contribution is 2.28. The van der Waals surface area contributed by atoms with E-state index in [0.29, 0.717) is 11.0 Å². The lowest BCUT2D eigenvalue weighted by molar-refractivity contribution is 0.0207. The molecule has 0 atom stereocenters. The third-order valence-corrected chi connectivity index (χ3v) is 4.45. The second kappa shape index (κ2) is 6.71. The quantitative estimate of drug-likeness (QED) is 0.493. The van der Waals surface area contributed by atoms with Crippen LogP contribution in [0.25, 0.3) is 11.0 Å². The van der Waals surface area contributed by atoms with Crippen LogP contribution in [-0.2, 0) is 4.74 Å². The largest absolute Gasteiger partial charge is 0.459 e. The molecule has 5 nitrogen and oxygen atoms in total. The molecule has 124 valence electrons. The molecule has 6 heteroatoms. The van der Waals surface area contributed by atoms with Gasteiger partial charge >= 0.3 is 11.6 Å². The van der Waals surface area contributed by atoms with Crippen LogP contribution >= 0.6 is 0 Å². The van der Waals surface area contributed by atoms with Gasteiger partial charge in [-0.3, -0.25) is 0 Å². The first kappa shape index (κ1) is 16.6. The predicted molar refractivity (Wildman–Crippen MR) is 94.0 cm³/mol. The Labute approximate surface area is 142 Å². The topological polar surface area (TPSA) is 59.8 Å². The number of hydrogen-bond donors (Lipinski definition) is 0. The van der Waals surface area contributed by atoms with Crippen molar-refractivity contribution in [3.63, 3.8) is 0 Å². The summed E-state index contributed by atoms with van der Waals surface area (Å²) >= 11 is 0. The van der Waals surface area contributed by atoms with E-state index in [4.69, 9.17) is 17.0 Å². The molecule has 0 saturated heterocycles. The molecular weight excluding hydrogens is 305 g/mol. The van der Waals surface area contributed by atoms with E-state index in [1.165, 1.54) is 6.07 Å². The van der Waals surface area contributed by atoms with Crippen molar-refractivity contribution in [2.45, 2.75) is 37.6 Å². The van der Waals surface area contributed by atoms with Crippen LogP contribution in [0, 0.1) is 0 Å². The number of esters is 1. The molecule has 1 aromatic carbocycles. The molecular formula is C18H20BNO4. The van der Waals surface area contributed by atoms with E-state index in [1.54, 1.807) is 6.07 Å². The molecule has 3 rings (SSSR count). The van der Waals surface area contributed by atoms with Crippen LogP contribution in [0.15, 0.2) is 33.5 Å². The van der Waals surface area contributed by atoms with Crippen LogP contribution in [0.1, 0.15) is 36.0 Å². The van der Waals surface area contributed by atoms with Gasteiger partial charge in [0.05, 0.1) is 7.85 Å². The molecule has 0 unspecified atom stereocenters. The Morgan fingerprint density at radius 2 is 1.92 bits per heavy atom. The summed E-state index contributed by atoms with van der Waals surface area (Å²) in [7, 11) is 9.66. The molecule has 1 fully saturated rings. The molecule has 0 N–H and O–H groups in total. The fourth-order valence-electron chi connectivity index (χ4n) is 2.94. The Balaban J connectivity index is 1.84. The number of rotatable bonds is 3. The first-order valence-corrected chi connectivity index (χ1v) is 8.16. The molecule has 1 saturated carbocycles. The monoisotopic (exact) mass is 325 g/mol. The zero-order valence-electron chi connectivity index (χ0n) is 14.0. The van der Waals surface area contributed by atoms with Crippen LogP contribution < -0.4 is 10.5 Å². The Hall–Kier alpha value is -2.24. The molecule has 1 heterocycles. The first-order chi connectivity index (χ1) is 11.4. The summed E-state index contributed by atoms with van der Waals surface area (Å²) < 4.78 is 10.8. The van der Waals surface area contributed by atoms with Crippen LogP contribution in [0.2, 0.25) is 5.82 Å². The SMILES string of the molecule is [B]C1CCC(OC(=O)c2cc3ccc(N(C)C)cc3oc2=O)CC1. The van der Waals surface area contributed by atoms with Crippen molar-refractivity contribution >= 4 is 30.5 Å². The minimum absolute atomic E-state index is 0.0602. The van der Waals surface area contributed by atoms with E-state index in [2.05, 4.69) is 0 Å². The third-order valence-electron chi connectivity index (χ3n) is 4.45. The van der Waals surface area contributed by atoms with E-state index in [0.717, 1.165) is 31.4 Å². The second-order valence-electron chi connectivity index (χ2n) is 6.51. The molecule has 2 radical (unpaired) electrons. The Bertz CT molecular complexity index is 806. The van der Waals surface area contributed by atoms with Gasteiger partial charge in [0.25, 0.3) is 0 Å². The number of nitrogens with zero attached hydrogens (tertiary/aromatic N) is 1. The van der Waals surface area contributed by atoms with Crippen molar-refractivity contribution in [1.82, 2.24) is 0 Å². The Morgan fingerprint density at radius 3 is 2.58 bits per heavy atom. The van der Waals surface area contributed by atoms with Crippen molar-refractivity contribution in [2.75, 3.05) is 19.0 Å². The average Bonchev–Trinajstić information content (AvgIpc) is 2.55. The number of benzene rings is 1. The Morgan fingerprint density at radius 1 is 1.21 bits per heavy atom. The number of hydrogen-bond acceptors (Lipinski definition) is 5. The molecule has 0 bridgehead atoms. The van der Waals surface area contributed by atoms with Gasteiger partial charge in [-0.2, -0.15) is 0 Å². The molecule has 0 amide bonds. The maximum atomic E-state index is 12.3. The maximum absolute atomic E-state index is 12.3. The van der Waals surface area contributed by atoms with E-state index >= 15 is 0 Å². The van der Waals surface area contributed by atoms with Gasteiger partial charge < -0.3 is 14.1 Å². The predicted octanol–water partition coefficient (Wildman–Crippen LogP) is 2.92. The summed E-state index contributed by atoms with van der Waals surface area (Å²) in [5, 5.41) is 0.692. The second-order valence-corrected chi connectivity index (χ2v) is 6.51. The first-order valence-electron chi connectivity index (χ1n) is 8.16. The molecule has 24 heavy (non-hydrogen) atoms. The minimum atomic E-state index is -0.670. The molecule has 0 aliphatic heterocycles. The molecule has 1 aliphatic rings. The van der Waals surface area contributed by atoms with Gasteiger partial charge in [0.2, 0.25) is 0 Å². The van der Waals surface area contributed by atoms with Gasteiger partial charge in [-0.1, -0.05) is 18.7 Å². The number of ether oxygens (including phenoxy) is 1. The summed E-state index contributed by atoms with van der Waals surface area (Å²) in [5.41, 5.74) is 0.636. The lowest BCUT2D eigenvalue weighted by Gasteiger charge is -2.26. The van der Waals surface area contributed by atoms with Gasteiger partial charge in [0, 0.05) is 31.2 Å². The zero-order valence-corrected chi connectivity index (χ0v) is 14.0. The third kappa shape index (κ3) is 3.47. The van der Waals surface area contributed by atoms with Gasteiger partial charge in [0.15, 0.2) is 0 Å². The van der Waals surface area contributed by atoms with Crippen LogP contribution in [0.4, 0.5) is 5.69 Å². The average molecular weight is 325 g/mol. The van der Waals surface area contributed by atoms with Gasteiger partial charge in [0.1, 0.15) is 17.3 Å². The number of fused-ring (bicyclic) bond motifs is 1. The van der Waals surface area contributed by atoms with Crippen LogP contribution in [0.5, 0.6) is 0 Å². The van der Waals surface area contributed by atoms with E-state index in [-0.39, 0.29) is 17.5 Å². The lowest BCUT2D eigenvalue weighted by atomic mass is 9.75. The van der Waals surface area contributed by atoms with Crippen LogP contribution in [0.3, 0.4) is 0 Å². The molecule has 1 aromatic heterocycles. The van der Waals surface area contributed by atoms with E-state index in [1.807, 2.05) is 31.1 Å². The summed E-state index contributed by atoms with van der Waals surface area (Å²) in [6, 6.07) is 7.04. The van der Waals surface area contributed by atoms with Crippen molar-refractivity contribution in [2.24, 2.45) is 0 Å². The van der Waals surface area contributed by atoms with Gasteiger partial charge in [-0.25, -0.2) is 9.59 Å². The standard InChI is InChI=1S/C18H20BNO4/c1-20(2)13-6-3-11-9-15(18(22)24-16(11)10-13)17(21)23-14-7-4-12(19)5-8-14/h3,6,9-10,12,14H,4-5,7-8H2,1-2H3. The molecule has 0 spiro atoms. The highest BCUT2D eigenvalue weighted by atomic mass is 16.5. The fourth-order valence-corrected chi connectivity index (χ4v) is 2.94. The van der Waals surface area contributed by atoms with Crippen molar-refractivity contribution in [1.29, 1.82) is 0 Å². The summed E-state index contributed by atoms with van der Waals surface area (Å²) in [6.45, 7) is 0. The van der Waals surface area contributed by atoms with E-state index < -0.39 is 11.6 Å². The maximum Gasteiger partial charge on any atom is 0.351 e.